The van der Waals surface area contributed by atoms with Crippen LogP contribution in [-0.2, 0) is 0 Å². The van der Waals surface area contributed by atoms with E-state index in [0.29, 0.717) is 0 Å². The molecule has 0 bridgehead atoms. The van der Waals surface area contributed by atoms with E-state index >= 15 is 0 Å². The van der Waals surface area contributed by atoms with Crippen LogP contribution in [0, 0.1) is 6.92 Å². The largest absolute Gasteiger partial charge is 0.541 e. The van der Waals surface area contributed by atoms with E-state index in [1.165, 1.54) is 0 Å². The van der Waals surface area contributed by atoms with Crippen molar-refractivity contribution in [3.63, 3.8) is 0 Å². The molecule has 0 aliphatic rings. The zero-order valence-corrected chi connectivity index (χ0v) is 15.7. The molecule has 0 saturated carbocycles. The molecule has 0 N–H and O–H groups in total. The quantitative estimate of drug-likeness (QED) is 0.471. The molecule has 1 heterocycles. The Morgan fingerprint density at radius 2 is 1.60 bits per heavy atom. The summed E-state index contributed by atoms with van der Waals surface area (Å²) in [7, 11) is -0.864. The molecule has 0 amide bonds. The molecule has 1 aromatic heterocycles. The van der Waals surface area contributed by atoms with Gasteiger partial charge >= 0.3 is 0 Å². The summed E-state index contributed by atoms with van der Waals surface area (Å²) >= 11 is 0. The molecule has 0 saturated heterocycles. The molecule has 0 atom stereocenters. The van der Waals surface area contributed by atoms with Gasteiger partial charge in [-0.2, -0.15) is 0 Å². The van der Waals surface area contributed by atoms with Crippen molar-refractivity contribution in [1.82, 2.24) is 4.98 Å². The highest BCUT2D eigenvalue weighted by atomic mass is 28.3. The van der Waals surface area contributed by atoms with Gasteiger partial charge in [0.25, 0.3) is 9.04 Å². The highest BCUT2D eigenvalue weighted by Gasteiger charge is 2.12. The molecular weight excluding hydrogens is 324 g/mol. The molecule has 125 valence electrons. The number of para-hydroxylation sites is 2. The fraction of sp³-hybridized carbons (Fsp3) is 0.143. The number of benzene rings is 2. The van der Waals surface area contributed by atoms with Gasteiger partial charge < -0.3 is 4.43 Å². The van der Waals surface area contributed by atoms with E-state index in [-0.39, 0.29) is 0 Å². The van der Waals surface area contributed by atoms with Crippen LogP contribution in [0.3, 0.4) is 0 Å². The maximum absolute atomic E-state index is 6.02. The lowest BCUT2D eigenvalue weighted by Gasteiger charge is -2.13. The Labute approximate surface area is 150 Å². The number of hydrogen-bond acceptors (Lipinski definition) is 3. The van der Waals surface area contributed by atoms with Gasteiger partial charge in [-0.25, -0.2) is 4.99 Å². The molecule has 3 aromatic rings. The smallest absolute Gasteiger partial charge is 0.274 e. The van der Waals surface area contributed by atoms with Crippen molar-refractivity contribution >= 4 is 20.4 Å². The number of rotatable bonds is 5. The van der Waals surface area contributed by atoms with Crippen molar-refractivity contribution in [1.29, 1.82) is 0 Å². The van der Waals surface area contributed by atoms with Crippen LogP contribution in [0.15, 0.2) is 77.8 Å². The predicted octanol–water partition coefficient (Wildman–Crippen LogP) is 5.19. The maximum atomic E-state index is 6.02. The van der Waals surface area contributed by atoms with Gasteiger partial charge in [0.05, 0.1) is 11.4 Å². The van der Waals surface area contributed by atoms with Crippen LogP contribution in [0.2, 0.25) is 13.1 Å². The second-order valence-electron chi connectivity index (χ2n) is 5.97. The number of aliphatic imine (C=N–C) groups is 1. The van der Waals surface area contributed by atoms with Crippen molar-refractivity contribution in [2.24, 2.45) is 4.99 Å². The Bertz CT molecular complexity index is 876. The Morgan fingerprint density at radius 3 is 2.32 bits per heavy atom. The van der Waals surface area contributed by atoms with Crippen LogP contribution in [0.4, 0.5) is 5.69 Å². The standard InChI is InChI=1S/C21H21N2OSi/c1-16-10-9-14-19(22-16)21(17-11-5-4-6-12-17)23-18-13-7-8-15-20(18)24-25(2)3/h4-15H,1-3H3. The normalized spacial score (nSPS) is 11.6. The van der Waals surface area contributed by atoms with Crippen LogP contribution >= 0.6 is 0 Å². The Kier molecular flexibility index (Phi) is 5.41. The SMILES string of the molecule is Cc1cccc(C(=Nc2ccccc2O[Si](C)C)c2ccccc2)n1. The lowest BCUT2D eigenvalue weighted by Crippen LogP contribution is -2.11. The molecule has 0 fully saturated rings. The van der Waals surface area contributed by atoms with Gasteiger partial charge in [0.2, 0.25) is 0 Å². The molecule has 0 aliphatic heterocycles. The average Bonchev–Trinajstić information content (AvgIpc) is 2.61. The van der Waals surface area contributed by atoms with E-state index in [9.17, 15) is 0 Å². The lowest BCUT2D eigenvalue weighted by molar-refractivity contribution is 0.582. The molecule has 0 aliphatic carbocycles. The third-order valence-electron chi connectivity index (χ3n) is 3.59. The van der Waals surface area contributed by atoms with E-state index in [0.717, 1.165) is 34.1 Å². The van der Waals surface area contributed by atoms with Gasteiger partial charge in [0.15, 0.2) is 0 Å². The van der Waals surface area contributed by atoms with E-state index < -0.39 is 9.04 Å². The topological polar surface area (TPSA) is 34.5 Å². The lowest BCUT2D eigenvalue weighted by atomic mass is 10.1. The predicted molar refractivity (Wildman–Crippen MR) is 105 cm³/mol. The summed E-state index contributed by atoms with van der Waals surface area (Å²) < 4.78 is 6.02. The maximum Gasteiger partial charge on any atom is 0.274 e. The highest BCUT2D eigenvalue weighted by molar-refractivity contribution is 6.49. The van der Waals surface area contributed by atoms with Crippen LogP contribution in [-0.4, -0.2) is 19.7 Å². The first-order valence-electron chi connectivity index (χ1n) is 8.28. The first kappa shape index (κ1) is 17.1. The third-order valence-corrected chi connectivity index (χ3v) is 4.22. The third kappa shape index (κ3) is 4.42. The van der Waals surface area contributed by atoms with Crippen LogP contribution in [0.1, 0.15) is 17.0 Å². The van der Waals surface area contributed by atoms with Gasteiger partial charge in [-0.1, -0.05) is 48.5 Å². The van der Waals surface area contributed by atoms with Gasteiger partial charge in [0, 0.05) is 11.3 Å². The highest BCUT2D eigenvalue weighted by Crippen LogP contribution is 2.29. The fourth-order valence-electron chi connectivity index (χ4n) is 2.52. The average molecular weight is 345 g/mol. The summed E-state index contributed by atoms with van der Waals surface area (Å²) in [5, 5.41) is 0. The summed E-state index contributed by atoms with van der Waals surface area (Å²) in [5.74, 6) is 0.822. The van der Waals surface area contributed by atoms with Gasteiger partial charge in [0.1, 0.15) is 11.4 Å². The van der Waals surface area contributed by atoms with Crippen LogP contribution in [0.5, 0.6) is 5.75 Å². The Morgan fingerprint density at radius 1 is 0.880 bits per heavy atom. The van der Waals surface area contributed by atoms with Crippen molar-refractivity contribution in [2.45, 2.75) is 20.0 Å². The molecule has 25 heavy (non-hydrogen) atoms. The zero-order chi connectivity index (χ0) is 17.6. The van der Waals surface area contributed by atoms with Gasteiger partial charge in [-0.15, -0.1) is 0 Å². The second-order valence-corrected chi connectivity index (χ2v) is 7.99. The van der Waals surface area contributed by atoms with E-state index in [1.807, 2.05) is 67.6 Å². The summed E-state index contributed by atoms with van der Waals surface area (Å²) in [4.78, 5) is 9.61. The van der Waals surface area contributed by atoms with Crippen molar-refractivity contribution < 1.29 is 4.43 Å². The van der Waals surface area contributed by atoms with Crippen molar-refractivity contribution in [3.05, 3.63) is 89.7 Å². The molecule has 2 aromatic carbocycles. The first-order valence-corrected chi connectivity index (χ1v) is 10.7. The number of aromatic nitrogens is 1. The zero-order valence-electron chi connectivity index (χ0n) is 14.7. The van der Waals surface area contributed by atoms with Crippen molar-refractivity contribution in [2.75, 3.05) is 0 Å². The summed E-state index contributed by atoms with van der Waals surface area (Å²) in [6, 6.07) is 24.1. The molecule has 3 nitrogen and oxygen atoms in total. The van der Waals surface area contributed by atoms with Crippen molar-refractivity contribution in [3.8, 4) is 5.75 Å². The molecule has 1 radical (unpaired) electrons. The molecule has 3 rings (SSSR count). The minimum Gasteiger partial charge on any atom is -0.541 e. The fourth-order valence-corrected chi connectivity index (χ4v) is 3.13. The Hall–Kier alpha value is -2.72. The van der Waals surface area contributed by atoms with Crippen LogP contribution < -0.4 is 4.43 Å². The number of aryl methyl sites for hydroxylation is 1. The molecular formula is C21H21N2OSi. The van der Waals surface area contributed by atoms with Gasteiger partial charge in [-0.3, -0.25) is 4.98 Å². The number of nitrogens with zero attached hydrogens (tertiary/aromatic N) is 2. The Balaban J connectivity index is 2.14. The minimum atomic E-state index is -0.864. The van der Waals surface area contributed by atoms with E-state index in [2.05, 4.69) is 30.2 Å². The van der Waals surface area contributed by atoms with E-state index in [4.69, 9.17) is 9.42 Å². The van der Waals surface area contributed by atoms with Crippen LogP contribution in [0.25, 0.3) is 0 Å². The van der Waals surface area contributed by atoms with E-state index in [1.54, 1.807) is 0 Å². The summed E-state index contributed by atoms with van der Waals surface area (Å²) in [6.45, 7) is 6.22. The first-order chi connectivity index (χ1) is 12.1. The molecule has 0 spiro atoms. The number of hydrogen-bond donors (Lipinski definition) is 0. The number of pyridine rings is 1. The summed E-state index contributed by atoms with van der Waals surface area (Å²) in [6.07, 6.45) is 0. The minimum absolute atomic E-state index is 0.822. The second kappa shape index (κ2) is 7.90. The summed E-state index contributed by atoms with van der Waals surface area (Å²) in [5.41, 5.74) is 4.55. The molecule has 4 heteroatoms. The molecule has 0 unspecified atom stereocenters. The van der Waals surface area contributed by atoms with Gasteiger partial charge in [-0.05, 0) is 44.3 Å². The monoisotopic (exact) mass is 345 g/mol.